The van der Waals surface area contributed by atoms with Crippen LogP contribution in [-0.4, -0.2) is 36.8 Å². The SMILES string of the molecule is COC(=O)Cn1c(=NC(=O)c2ccc3ccccc3c2)sc2cc3c(cc21)OCCO3. The van der Waals surface area contributed by atoms with Crippen LogP contribution in [-0.2, 0) is 16.1 Å². The lowest BCUT2D eigenvalue weighted by Gasteiger charge is -2.18. The molecule has 8 heteroatoms. The Morgan fingerprint density at radius 2 is 1.77 bits per heavy atom. The molecule has 4 aromatic rings. The minimum absolute atomic E-state index is 0.0695. The molecule has 2 heterocycles. The van der Waals surface area contributed by atoms with Crippen molar-refractivity contribution >= 4 is 44.2 Å². The van der Waals surface area contributed by atoms with Crippen LogP contribution in [0.4, 0.5) is 0 Å². The van der Waals surface area contributed by atoms with E-state index < -0.39 is 5.97 Å². The first kappa shape index (κ1) is 19.3. The summed E-state index contributed by atoms with van der Waals surface area (Å²) in [6, 6.07) is 16.9. The van der Waals surface area contributed by atoms with Crippen LogP contribution in [0.2, 0.25) is 0 Å². The van der Waals surface area contributed by atoms with Crippen molar-refractivity contribution in [1.82, 2.24) is 4.57 Å². The summed E-state index contributed by atoms with van der Waals surface area (Å²) in [4.78, 5) is 29.7. The highest BCUT2D eigenvalue weighted by molar-refractivity contribution is 7.16. The second-order valence-corrected chi connectivity index (χ2v) is 8.00. The maximum absolute atomic E-state index is 13.0. The molecule has 0 atom stereocenters. The number of fused-ring (bicyclic) bond motifs is 3. The van der Waals surface area contributed by atoms with Crippen LogP contribution in [0.5, 0.6) is 11.5 Å². The van der Waals surface area contributed by atoms with E-state index in [1.165, 1.54) is 18.4 Å². The van der Waals surface area contributed by atoms with Crippen LogP contribution >= 0.6 is 11.3 Å². The second-order valence-electron chi connectivity index (χ2n) is 6.99. The van der Waals surface area contributed by atoms with Gasteiger partial charge in [-0.05, 0) is 22.9 Å². The summed E-state index contributed by atoms with van der Waals surface area (Å²) in [5.41, 5.74) is 1.21. The molecule has 0 aliphatic carbocycles. The summed E-state index contributed by atoms with van der Waals surface area (Å²) in [6.45, 7) is 0.862. The number of hydrogen-bond donors (Lipinski definition) is 0. The number of thiazole rings is 1. The Hall–Kier alpha value is -3.65. The number of carbonyl (C=O) groups is 2. The summed E-state index contributed by atoms with van der Waals surface area (Å²) in [5, 5.41) is 2.01. The van der Waals surface area contributed by atoms with Gasteiger partial charge in [-0.15, -0.1) is 0 Å². The lowest BCUT2D eigenvalue weighted by atomic mass is 10.1. The van der Waals surface area contributed by atoms with Crippen molar-refractivity contribution in [3.8, 4) is 11.5 Å². The van der Waals surface area contributed by atoms with Gasteiger partial charge in [0.25, 0.3) is 5.91 Å². The minimum atomic E-state index is -0.436. The molecule has 0 saturated heterocycles. The van der Waals surface area contributed by atoms with Crippen molar-refractivity contribution < 1.29 is 23.8 Å². The van der Waals surface area contributed by atoms with E-state index in [0.29, 0.717) is 35.1 Å². The van der Waals surface area contributed by atoms with Gasteiger partial charge in [-0.1, -0.05) is 41.7 Å². The van der Waals surface area contributed by atoms with Gasteiger partial charge in [0, 0.05) is 17.7 Å². The van der Waals surface area contributed by atoms with Crippen molar-refractivity contribution in [2.24, 2.45) is 4.99 Å². The number of aromatic nitrogens is 1. The molecule has 0 bridgehead atoms. The standard InChI is InChI=1S/C23H18N2O5S/c1-28-21(26)13-25-17-11-18-19(30-9-8-29-18)12-20(17)31-23(25)24-22(27)16-7-6-14-4-2-3-5-15(14)10-16/h2-7,10-12H,8-9,13H2,1H3. The number of benzene rings is 3. The number of ether oxygens (including phenoxy) is 3. The summed E-state index contributed by atoms with van der Waals surface area (Å²) >= 11 is 1.31. The monoisotopic (exact) mass is 434 g/mol. The fourth-order valence-corrected chi connectivity index (χ4v) is 4.55. The quantitative estimate of drug-likeness (QED) is 0.461. The van der Waals surface area contributed by atoms with E-state index in [-0.39, 0.29) is 12.5 Å². The first-order valence-corrected chi connectivity index (χ1v) is 10.5. The fraction of sp³-hybridized carbons (Fsp3) is 0.174. The summed E-state index contributed by atoms with van der Waals surface area (Å²) < 4.78 is 18.7. The molecular formula is C23H18N2O5S. The number of amides is 1. The van der Waals surface area contributed by atoms with Gasteiger partial charge in [0.1, 0.15) is 19.8 Å². The highest BCUT2D eigenvalue weighted by Gasteiger charge is 2.18. The Morgan fingerprint density at radius 3 is 2.55 bits per heavy atom. The number of hydrogen-bond acceptors (Lipinski definition) is 6. The molecule has 1 amide bonds. The Kier molecular flexibility index (Phi) is 4.91. The molecule has 31 heavy (non-hydrogen) atoms. The van der Waals surface area contributed by atoms with Crippen molar-refractivity contribution in [2.75, 3.05) is 20.3 Å². The number of nitrogens with zero attached hydrogens (tertiary/aromatic N) is 2. The maximum atomic E-state index is 13.0. The first-order valence-electron chi connectivity index (χ1n) is 9.70. The molecule has 0 fully saturated rings. The van der Waals surface area contributed by atoms with Gasteiger partial charge in [0.2, 0.25) is 0 Å². The van der Waals surface area contributed by atoms with E-state index >= 15 is 0 Å². The molecule has 1 aromatic heterocycles. The average Bonchev–Trinajstić information content (AvgIpc) is 3.12. The van der Waals surface area contributed by atoms with Gasteiger partial charge in [0.15, 0.2) is 16.3 Å². The van der Waals surface area contributed by atoms with Crippen molar-refractivity contribution in [1.29, 1.82) is 0 Å². The second kappa shape index (κ2) is 7.88. The molecular weight excluding hydrogens is 416 g/mol. The minimum Gasteiger partial charge on any atom is -0.486 e. The van der Waals surface area contributed by atoms with E-state index in [2.05, 4.69) is 4.99 Å². The van der Waals surface area contributed by atoms with Crippen LogP contribution < -0.4 is 14.3 Å². The molecule has 0 radical (unpaired) electrons. The molecule has 1 aliphatic heterocycles. The molecule has 7 nitrogen and oxygen atoms in total. The summed E-state index contributed by atoms with van der Waals surface area (Å²) in [5.74, 6) is 0.419. The molecule has 1 aliphatic rings. The molecule has 5 rings (SSSR count). The van der Waals surface area contributed by atoms with Crippen LogP contribution in [0.25, 0.3) is 21.0 Å². The van der Waals surface area contributed by atoms with Gasteiger partial charge >= 0.3 is 5.97 Å². The van der Waals surface area contributed by atoms with Crippen LogP contribution in [0.15, 0.2) is 59.6 Å². The van der Waals surface area contributed by atoms with Gasteiger partial charge < -0.3 is 18.8 Å². The average molecular weight is 434 g/mol. The van der Waals surface area contributed by atoms with Crippen LogP contribution in [0.1, 0.15) is 10.4 Å². The molecule has 3 aromatic carbocycles. The number of carbonyl (C=O) groups excluding carboxylic acids is 2. The zero-order valence-corrected chi connectivity index (χ0v) is 17.5. The van der Waals surface area contributed by atoms with Gasteiger partial charge in [0.05, 0.1) is 17.3 Å². The summed E-state index contributed by atoms with van der Waals surface area (Å²) in [7, 11) is 1.33. The lowest BCUT2D eigenvalue weighted by Crippen LogP contribution is -2.22. The Balaban J connectivity index is 1.64. The van der Waals surface area contributed by atoms with E-state index in [9.17, 15) is 9.59 Å². The largest absolute Gasteiger partial charge is 0.486 e. The third kappa shape index (κ3) is 3.66. The Bertz CT molecular complexity index is 1400. The zero-order valence-electron chi connectivity index (χ0n) is 16.7. The summed E-state index contributed by atoms with van der Waals surface area (Å²) in [6.07, 6.45) is 0. The van der Waals surface area contributed by atoms with E-state index in [0.717, 1.165) is 21.0 Å². The predicted octanol–water partition coefficient (Wildman–Crippen LogP) is 3.54. The predicted molar refractivity (Wildman–Crippen MR) is 117 cm³/mol. The highest BCUT2D eigenvalue weighted by Crippen LogP contribution is 2.35. The van der Waals surface area contributed by atoms with Gasteiger partial charge in [-0.2, -0.15) is 4.99 Å². The van der Waals surface area contributed by atoms with Gasteiger partial charge in [-0.25, -0.2) is 0 Å². The van der Waals surface area contributed by atoms with E-state index in [4.69, 9.17) is 14.2 Å². The number of rotatable bonds is 3. The number of methoxy groups -OCH3 is 1. The normalized spacial score (nSPS) is 13.5. The molecule has 0 N–H and O–H groups in total. The van der Waals surface area contributed by atoms with E-state index in [1.54, 1.807) is 10.6 Å². The molecule has 0 unspecified atom stereocenters. The Labute approximate surface area is 181 Å². The topological polar surface area (TPSA) is 79.1 Å². The van der Waals surface area contributed by atoms with E-state index in [1.807, 2.05) is 48.5 Å². The smallest absolute Gasteiger partial charge is 0.325 e. The highest BCUT2D eigenvalue weighted by atomic mass is 32.1. The molecule has 0 spiro atoms. The molecule has 156 valence electrons. The van der Waals surface area contributed by atoms with Crippen molar-refractivity contribution in [3.63, 3.8) is 0 Å². The molecule has 0 saturated carbocycles. The van der Waals surface area contributed by atoms with Crippen LogP contribution in [0, 0.1) is 0 Å². The maximum Gasteiger partial charge on any atom is 0.325 e. The lowest BCUT2D eigenvalue weighted by molar-refractivity contribution is -0.141. The Morgan fingerprint density at radius 1 is 1.03 bits per heavy atom. The van der Waals surface area contributed by atoms with Crippen molar-refractivity contribution in [2.45, 2.75) is 6.54 Å². The third-order valence-corrected chi connectivity index (χ3v) is 6.10. The zero-order chi connectivity index (χ0) is 21.4. The van der Waals surface area contributed by atoms with Crippen molar-refractivity contribution in [3.05, 3.63) is 65.0 Å². The first-order chi connectivity index (χ1) is 15.1. The fourth-order valence-electron chi connectivity index (χ4n) is 3.51. The number of esters is 1. The third-order valence-electron chi connectivity index (χ3n) is 5.06. The van der Waals surface area contributed by atoms with Gasteiger partial charge in [-0.3, -0.25) is 9.59 Å². The van der Waals surface area contributed by atoms with Crippen LogP contribution in [0.3, 0.4) is 0 Å².